The number of pyridine rings is 1. The maximum atomic E-state index is 10.9. The summed E-state index contributed by atoms with van der Waals surface area (Å²) >= 11 is 0. The van der Waals surface area contributed by atoms with E-state index in [1.165, 1.54) is 12.8 Å². The Morgan fingerprint density at radius 1 is 1.50 bits per heavy atom. The molecule has 1 fully saturated rings. The highest BCUT2D eigenvalue weighted by Gasteiger charge is 2.19. The quantitative estimate of drug-likeness (QED) is 0.595. The Morgan fingerprint density at radius 2 is 2.20 bits per heavy atom. The van der Waals surface area contributed by atoms with Crippen LogP contribution in [0.5, 0.6) is 0 Å². The zero-order valence-electron chi connectivity index (χ0n) is 10.9. The number of nitrogens with one attached hydrogen (secondary N) is 1. The first-order valence-corrected chi connectivity index (χ1v) is 6.42. The molecule has 0 aliphatic carbocycles. The van der Waals surface area contributed by atoms with Gasteiger partial charge >= 0.3 is 11.7 Å². The molecule has 1 aromatic rings. The second kappa shape index (κ2) is 6.29. The Morgan fingerprint density at radius 3 is 2.80 bits per heavy atom. The zero-order chi connectivity index (χ0) is 14.5. The average Bonchev–Trinajstić information content (AvgIpc) is 2.91. The lowest BCUT2D eigenvalue weighted by atomic mass is 10.2. The number of anilines is 1. The van der Waals surface area contributed by atoms with E-state index in [9.17, 15) is 14.9 Å². The molecule has 1 saturated heterocycles. The molecule has 0 spiro atoms. The van der Waals surface area contributed by atoms with E-state index in [2.05, 4.69) is 15.2 Å². The van der Waals surface area contributed by atoms with Crippen molar-refractivity contribution in [1.82, 2.24) is 9.88 Å². The smallest absolute Gasteiger partial charge is 0.337 e. The summed E-state index contributed by atoms with van der Waals surface area (Å²) in [6.07, 6.45) is 3.49. The Kier molecular flexibility index (Phi) is 4.46. The first-order valence-electron chi connectivity index (χ1n) is 6.42. The summed E-state index contributed by atoms with van der Waals surface area (Å²) in [5.41, 5.74) is -0.506. The number of likely N-dealkylation sites (tertiary alicyclic amines) is 1. The van der Waals surface area contributed by atoms with E-state index in [0.717, 1.165) is 31.9 Å². The van der Waals surface area contributed by atoms with Crippen molar-refractivity contribution in [2.45, 2.75) is 12.8 Å². The molecule has 8 nitrogen and oxygen atoms in total. The second-order valence-corrected chi connectivity index (χ2v) is 4.63. The molecule has 0 amide bonds. The molecule has 0 unspecified atom stereocenters. The van der Waals surface area contributed by atoms with Crippen LogP contribution in [0.4, 0.5) is 11.5 Å². The number of aromatic nitrogens is 1. The third kappa shape index (κ3) is 3.41. The maximum absolute atomic E-state index is 10.9. The Bertz CT molecular complexity index is 514. The highest BCUT2D eigenvalue weighted by Crippen LogP contribution is 2.22. The monoisotopic (exact) mass is 280 g/mol. The van der Waals surface area contributed by atoms with E-state index in [1.54, 1.807) is 0 Å². The van der Waals surface area contributed by atoms with Crippen LogP contribution in [0.2, 0.25) is 0 Å². The normalized spacial score (nSPS) is 15.2. The molecule has 2 rings (SSSR count). The van der Waals surface area contributed by atoms with Crippen molar-refractivity contribution in [2.24, 2.45) is 0 Å². The van der Waals surface area contributed by atoms with Gasteiger partial charge in [-0.05, 0) is 25.9 Å². The van der Waals surface area contributed by atoms with E-state index < -0.39 is 10.9 Å². The molecule has 0 radical (unpaired) electrons. The van der Waals surface area contributed by atoms with Crippen molar-refractivity contribution in [3.63, 3.8) is 0 Å². The number of rotatable bonds is 6. The summed E-state index contributed by atoms with van der Waals surface area (Å²) in [6, 6.07) is 1.02. The summed E-state index contributed by atoms with van der Waals surface area (Å²) in [4.78, 5) is 27.2. The molecule has 0 atom stereocenters. The van der Waals surface area contributed by atoms with Crippen molar-refractivity contribution in [1.29, 1.82) is 0 Å². The standard InChI is InChI=1S/C12H16N4O4/c17-12(18)9-7-10(16(19)20)11(14-8-9)13-3-6-15-4-1-2-5-15/h7-8H,1-6H2,(H,13,14)(H,17,18). The highest BCUT2D eigenvalue weighted by atomic mass is 16.6. The number of carboxylic acids is 1. The van der Waals surface area contributed by atoms with Crippen molar-refractivity contribution >= 4 is 17.5 Å². The Balaban J connectivity index is 2.02. The van der Waals surface area contributed by atoms with Crippen LogP contribution >= 0.6 is 0 Å². The highest BCUT2D eigenvalue weighted by molar-refractivity contribution is 5.88. The van der Waals surface area contributed by atoms with Gasteiger partial charge < -0.3 is 15.3 Å². The van der Waals surface area contributed by atoms with Gasteiger partial charge in [-0.3, -0.25) is 10.1 Å². The van der Waals surface area contributed by atoms with E-state index in [0.29, 0.717) is 6.54 Å². The summed E-state index contributed by atoms with van der Waals surface area (Å²) in [7, 11) is 0. The number of aromatic carboxylic acids is 1. The van der Waals surface area contributed by atoms with Crippen molar-refractivity contribution in [3.8, 4) is 0 Å². The first kappa shape index (κ1) is 14.2. The predicted octanol–water partition coefficient (Wildman–Crippen LogP) is 1.20. The van der Waals surface area contributed by atoms with Gasteiger partial charge in [0.05, 0.1) is 10.5 Å². The van der Waals surface area contributed by atoms with Gasteiger partial charge in [0.25, 0.3) is 0 Å². The summed E-state index contributed by atoms with van der Waals surface area (Å²) in [5, 5.41) is 22.7. The molecule has 2 heterocycles. The molecule has 108 valence electrons. The SMILES string of the molecule is O=C(O)c1cnc(NCCN2CCCC2)c([N+](=O)[O-])c1. The third-order valence-corrected chi connectivity index (χ3v) is 3.23. The molecule has 20 heavy (non-hydrogen) atoms. The van der Waals surface area contributed by atoms with Crippen LogP contribution in [0, 0.1) is 10.1 Å². The first-order chi connectivity index (χ1) is 9.58. The van der Waals surface area contributed by atoms with E-state index >= 15 is 0 Å². The fourth-order valence-corrected chi connectivity index (χ4v) is 2.18. The van der Waals surface area contributed by atoms with E-state index in [4.69, 9.17) is 5.11 Å². The predicted molar refractivity (Wildman–Crippen MR) is 72.0 cm³/mol. The van der Waals surface area contributed by atoms with Crippen LogP contribution in [0.25, 0.3) is 0 Å². The minimum atomic E-state index is -1.23. The molecule has 1 aliphatic rings. The maximum Gasteiger partial charge on any atom is 0.337 e. The van der Waals surface area contributed by atoms with Crippen LogP contribution in [0.15, 0.2) is 12.3 Å². The average molecular weight is 280 g/mol. The number of nitrogens with zero attached hydrogens (tertiary/aromatic N) is 3. The molecule has 8 heteroatoms. The van der Waals surface area contributed by atoms with Gasteiger partial charge in [0, 0.05) is 25.4 Å². The van der Waals surface area contributed by atoms with Crippen LogP contribution < -0.4 is 5.32 Å². The number of carboxylic acid groups (broad SMARTS) is 1. The summed E-state index contributed by atoms with van der Waals surface area (Å²) in [5.74, 6) is -1.12. The lowest BCUT2D eigenvalue weighted by Gasteiger charge is -2.14. The Hall–Kier alpha value is -2.22. The number of hydrogen-bond acceptors (Lipinski definition) is 6. The minimum absolute atomic E-state index is 0.110. The van der Waals surface area contributed by atoms with Crippen molar-refractivity contribution in [3.05, 3.63) is 27.9 Å². The third-order valence-electron chi connectivity index (χ3n) is 3.23. The number of nitro groups is 1. The van der Waals surface area contributed by atoms with E-state index in [-0.39, 0.29) is 17.1 Å². The van der Waals surface area contributed by atoms with Gasteiger partial charge in [-0.1, -0.05) is 0 Å². The number of carbonyl (C=O) groups is 1. The molecule has 0 aromatic carbocycles. The lowest BCUT2D eigenvalue weighted by Crippen LogP contribution is -2.26. The molecule has 0 saturated carbocycles. The van der Waals surface area contributed by atoms with Gasteiger partial charge in [-0.2, -0.15) is 0 Å². The molecule has 1 aromatic heterocycles. The van der Waals surface area contributed by atoms with Crippen molar-refractivity contribution < 1.29 is 14.8 Å². The number of hydrogen-bond donors (Lipinski definition) is 2. The van der Waals surface area contributed by atoms with Gasteiger partial charge in [-0.25, -0.2) is 9.78 Å². The Labute approximate surface area is 115 Å². The second-order valence-electron chi connectivity index (χ2n) is 4.63. The summed E-state index contributed by atoms with van der Waals surface area (Å²) in [6.45, 7) is 3.43. The topological polar surface area (TPSA) is 109 Å². The van der Waals surface area contributed by atoms with Crippen LogP contribution in [0.3, 0.4) is 0 Å². The fraction of sp³-hybridized carbons (Fsp3) is 0.500. The van der Waals surface area contributed by atoms with Crippen molar-refractivity contribution in [2.75, 3.05) is 31.5 Å². The molecule has 0 bridgehead atoms. The lowest BCUT2D eigenvalue weighted by molar-refractivity contribution is -0.384. The molecular weight excluding hydrogens is 264 g/mol. The zero-order valence-corrected chi connectivity index (χ0v) is 10.9. The fourth-order valence-electron chi connectivity index (χ4n) is 2.18. The van der Waals surface area contributed by atoms with E-state index in [1.807, 2.05) is 0 Å². The van der Waals surface area contributed by atoms with Gasteiger partial charge in [-0.15, -0.1) is 0 Å². The molecule has 1 aliphatic heterocycles. The molecular formula is C12H16N4O4. The van der Waals surface area contributed by atoms with Crippen LogP contribution in [-0.4, -0.2) is 52.1 Å². The van der Waals surface area contributed by atoms with Crippen LogP contribution in [0.1, 0.15) is 23.2 Å². The minimum Gasteiger partial charge on any atom is -0.478 e. The van der Waals surface area contributed by atoms with Gasteiger partial charge in [0.1, 0.15) is 0 Å². The van der Waals surface area contributed by atoms with Crippen LogP contribution in [-0.2, 0) is 0 Å². The summed E-state index contributed by atoms with van der Waals surface area (Å²) < 4.78 is 0. The van der Waals surface area contributed by atoms with Gasteiger partial charge in [0.2, 0.25) is 5.82 Å². The molecule has 2 N–H and O–H groups in total. The largest absolute Gasteiger partial charge is 0.478 e. The van der Waals surface area contributed by atoms with Gasteiger partial charge in [0.15, 0.2) is 0 Å².